The molecule has 1 aromatic carbocycles. The zero-order valence-corrected chi connectivity index (χ0v) is 17.3. The maximum absolute atomic E-state index is 10.4. The zero-order valence-electron chi connectivity index (χ0n) is 16.5. The van der Waals surface area contributed by atoms with E-state index in [-0.39, 0.29) is 5.60 Å². The van der Waals surface area contributed by atoms with Crippen molar-refractivity contribution in [3.8, 4) is 0 Å². The summed E-state index contributed by atoms with van der Waals surface area (Å²) in [6, 6.07) is 10.4. The van der Waals surface area contributed by atoms with Crippen LogP contribution in [0.1, 0.15) is 43.7 Å². The van der Waals surface area contributed by atoms with Crippen LogP contribution in [0.4, 0.5) is 0 Å². The van der Waals surface area contributed by atoms with E-state index < -0.39 is 5.60 Å². The van der Waals surface area contributed by atoms with E-state index in [9.17, 15) is 5.11 Å². The van der Waals surface area contributed by atoms with E-state index in [1.807, 2.05) is 25.4 Å². The van der Waals surface area contributed by atoms with E-state index in [4.69, 9.17) is 4.74 Å². The molecule has 1 aromatic heterocycles. The van der Waals surface area contributed by atoms with Crippen LogP contribution in [0.15, 0.2) is 47.9 Å². The highest BCUT2D eigenvalue weighted by molar-refractivity contribution is 7.98. The van der Waals surface area contributed by atoms with Crippen molar-refractivity contribution in [1.29, 1.82) is 0 Å². The molecule has 5 nitrogen and oxygen atoms in total. The van der Waals surface area contributed by atoms with Gasteiger partial charge in [0.05, 0.1) is 17.8 Å². The molecule has 0 aliphatic carbocycles. The third-order valence-electron chi connectivity index (χ3n) is 5.82. The summed E-state index contributed by atoms with van der Waals surface area (Å²) in [5, 5.41) is 11.2. The Labute approximate surface area is 171 Å². The van der Waals surface area contributed by atoms with Gasteiger partial charge in [-0.15, -0.1) is 0 Å². The molecule has 0 saturated carbocycles. The molecule has 1 atom stereocenters. The van der Waals surface area contributed by atoms with Gasteiger partial charge in [0, 0.05) is 49.8 Å². The molecule has 4 rings (SSSR count). The summed E-state index contributed by atoms with van der Waals surface area (Å²) in [5.74, 6) is 0.887. The highest BCUT2D eigenvalue weighted by Crippen LogP contribution is 2.39. The van der Waals surface area contributed by atoms with Crippen molar-refractivity contribution in [3.63, 3.8) is 0 Å². The number of aliphatic hydroxyl groups is 1. The highest BCUT2D eigenvalue weighted by atomic mass is 32.2. The molecule has 1 unspecified atom stereocenters. The number of rotatable bonds is 5. The molecule has 2 aliphatic rings. The van der Waals surface area contributed by atoms with Crippen LogP contribution in [-0.4, -0.2) is 50.9 Å². The van der Waals surface area contributed by atoms with Crippen LogP contribution in [0.2, 0.25) is 0 Å². The summed E-state index contributed by atoms with van der Waals surface area (Å²) in [6.07, 6.45) is 7.36. The van der Waals surface area contributed by atoms with Gasteiger partial charge in [0.25, 0.3) is 0 Å². The van der Waals surface area contributed by atoms with Gasteiger partial charge in [0.1, 0.15) is 0 Å². The Morgan fingerprint density at radius 2 is 1.79 bits per heavy atom. The van der Waals surface area contributed by atoms with Gasteiger partial charge in [0.2, 0.25) is 0 Å². The summed E-state index contributed by atoms with van der Waals surface area (Å²) in [5.41, 5.74) is 1.72. The maximum Gasteiger partial charge on any atom is 0.187 e. The molecule has 6 heteroatoms. The first-order valence-electron chi connectivity index (χ1n) is 10.1. The van der Waals surface area contributed by atoms with Crippen LogP contribution in [0.3, 0.4) is 0 Å². The van der Waals surface area contributed by atoms with Gasteiger partial charge in [0.15, 0.2) is 5.16 Å². The lowest BCUT2D eigenvalue weighted by molar-refractivity contribution is -0.173. The summed E-state index contributed by atoms with van der Waals surface area (Å²) in [4.78, 5) is 11.5. The standard InChI is InChI=1S/C22H29N3O2S/c1-21(26)9-12-27-22(17-21)7-10-25(11-8-22)15-19-13-23-20(24-14-19)28-16-18-5-3-2-4-6-18/h2-6,13-14,26H,7-12,15-17H2,1H3. The van der Waals surface area contributed by atoms with E-state index in [1.54, 1.807) is 11.8 Å². The Hall–Kier alpha value is -1.47. The lowest BCUT2D eigenvalue weighted by Gasteiger charge is -2.48. The fraction of sp³-hybridized carbons (Fsp3) is 0.545. The second-order valence-corrected chi connectivity index (χ2v) is 9.32. The molecule has 2 fully saturated rings. The largest absolute Gasteiger partial charge is 0.390 e. The van der Waals surface area contributed by atoms with Crippen LogP contribution in [0, 0.1) is 0 Å². The quantitative estimate of drug-likeness (QED) is 0.612. The first-order chi connectivity index (χ1) is 13.5. The molecule has 2 saturated heterocycles. The molecule has 0 amide bonds. The minimum absolute atomic E-state index is 0.132. The molecular formula is C22H29N3O2S. The van der Waals surface area contributed by atoms with Gasteiger partial charge in [-0.3, -0.25) is 4.90 Å². The first-order valence-corrected chi connectivity index (χ1v) is 11.1. The van der Waals surface area contributed by atoms with Crippen LogP contribution < -0.4 is 0 Å². The maximum atomic E-state index is 10.4. The normalized spacial score (nSPS) is 25.1. The van der Waals surface area contributed by atoms with E-state index in [1.165, 1.54) is 5.56 Å². The number of piperidine rings is 1. The summed E-state index contributed by atoms with van der Waals surface area (Å²) in [6.45, 7) is 5.46. The van der Waals surface area contributed by atoms with Gasteiger partial charge >= 0.3 is 0 Å². The number of hydrogen-bond acceptors (Lipinski definition) is 6. The molecule has 150 valence electrons. The Morgan fingerprint density at radius 3 is 2.46 bits per heavy atom. The Kier molecular flexibility index (Phi) is 6.01. The van der Waals surface area contributed by atoms with Crippen LogP contribution in [0.5, 0.6) is 0 Å². The third-order valence-corrected chi connectivity index (χ3v) is 6.76. The topological polar surface area (TPSA) is 58.5 Å². The molecule has 2 aliphatic heterocycles. The van der Waals surface area contributed by atoms with Crippen LogP contribution in [0.25, 0.3) is 0 Å². The average Bonchev–Trinajstić information content (AvgIpc) is 2.69. The zero-order chi connectivity index (χ0) is 19.5. The third kappa shape index (κ3) is 5.11. The van der Waals surface area contributed by atoms with Gasteiger partial charge in [-0.2, -0.15) is 0 Å². The number of nitrogens with zero attached hydrogens (tertiary/aromatic N) is 3. The van der Waals surface area contributed by atoms with Crippen molar-refractivity contribution < 1.29 is 9.84 Å². The molecule has 1 N–H and O–H groups in total. The minimum Gasteiger partial charge on any atom is -0.390 e. The van der Waals surface area contributed by atoms with Gasteiger partial charge in [-0.05, 0) is 31.7 Å². The monoisotopic (exact) mass is 399 g/mol. The Balaban J connectivity index is 1.26. The van der Waals surface area contributed by atoms with Crippen molar-refractivity contribution >= 4 is 11.8 Å². The number of likely N-dealkylation sites (tertiary alicyclic amines) is 1. The summed E-state index contributed by atoms with van der Waals surface area (Å²) >= 11 is 1.67. The summed E-state index contributed by atoms with van der Waals surface area (Å²) < 4.78 is 6.11. The molecular weight excluding hydrogens is 370 g/mol. The number of benzene rings is 1. The minimum atomic E-state index is -0.582. The van der Waals surface area contributed by atoms with Crippen LogP contribution in [-0.2, 0) is 17.0 Å². The molecule has 0 radical (unpaired) electrons. The predicted octanol–water partition coefficient (Wildman–Crippen LogP) is 3.66. The van der Waals surface area contributed by atoms with Crippen molar-refractivity contribution in [2.75, 3.05) is 19.7 Å². The van der Waals surface area contributed by atoms with Crippen molar-refractivity contribution in [2.45, 2.75) is 61.3 Å². The SMILES string of the molecule is CC1(O)CCOC2(CCN(Cc3cnc(SCc4ccccc4)nc3)CC2)C1. The fourth-order valence-electron chi connectivity index (χ4n) is 4.24. The van der Waals surface area contributed by atoms with Gasteiger partial charge < -0.3 is 9.84 Å². The Bertz CT molecular complexity index is 759. The van der Waals surface area contributed by atoms with E-state index in [0.29, 0.717) is 6.61 Å². The number of thioether (sulfide) groups is 1. The second kappa shape index (κ2) is 8.49. The summed E-state index contributed by atoms with van der Waals surface area (Å²) in [7, 11) is 0. The molecule has 3 heterocycles. The molecule has 2 aromatic rings. The lowest BCUT2D eigenvalue weighted by atomic mass is 9.78. The smallest absolute Gasteiger partial charge is 0.187 e. The Morgan fingerprint density at radius 1 is 1.07 bits per heavy atom. The van der Waals surface area contributed by atoms with Crippen LogP contribution >= 0.6 is 11.8 Å². The van der Waals surface area contributed by atoms with Crippen molar-refractivity contribution in [3.05, 3.63) is 53.9 Å². The fourth-order valence-corrected chi connectivity index (χ4v) is 4.98. The lowest BCUT2D eigenvalue weighted by Crippen LogP contribution is -2.53. The van der Waals surface area contributed by atoms with E-state index in [2.05, 4.69) is 39.1 Å². The van der Waals surface area contributed by atoms with Crippen molar-refractivity contribution in [1.82, 2.24) is 14.9 Å². The number of ether oxygens (including phenoxy) is 1. The van der Waals surface area contributed by atoms with Crippen molar-refractivity contribution in [2.24, 2.45) is 0 Å². The number of aromatic nitrogens is 2. The van der Waals surface area contributed by atoms with E-state index in [0.717, 1.165) is 61.8 Å². The second-order valence-electron chi connectivity index (χ2n) is 8.38. The van der Waals surface area contributed by atoms with E-state index >= 15 is 0 Å². The molecule has 0 bridgehead atoms. The number of hydrogen-bond donors (Lipinski definition) is 1. The average molecular weight is 400 g/mol. The molecule has 28 heavy (non-hydrogen) atoms. The molecule has 1 spiro atoms. The van der Waals surface area contributed by atoms with Gasteiger partial charge in [-0.1, -0.05) is 42.1 Å². The highest BCUT2D eigenvalue weighted by Gasteiger charge is 2.44. The predicted molar refractivity (Wildman–Crippen MR) is 111 cm³/mol. The van der Waals surface area contributed by atoms with Gasteiger partial charge in [-0.25, -0.2) is 9.97 Å². The first kappa shape index (κ1) is 19.8.